The van der Waals surface area contributed by atoms with E-state index in [-0.39, 0.29) is 36.0 Å². The Bertz CT molecular complexity index is 433. The molecule has 3 aliphatic rings. The Labute approximate surface area is 111 Å². The van der Waals surface area contributed by atoms with E-state index < -0.39 is 0 Å². The molecule has 0 bridgehead atoms. The van der Waals surface area contributed by atoms with Crippen molar-refractivity contribution in [1.82, 2.24) is 15.5 Å². The molecule has 6 nitrogen and oxygen atoms in total. The Morgan fingerprint density at radius 2 is 1.84 bits per heavy atom. The van der Waals surface area contributed by atoms with Crippen LogP contribution in [0.1, 0.15) is 39.0 Å². The van der Waals surface area contributed by atoms with Crippen LogP contribution in [0.15, 0.2) is 0 Å². The number of carbonyl (C=O) groups excluding carboxylic acids is 3. The SMILES string of the molecule is CC1NC(=O)CCC1N1C(=O)NC(C2CCC2)C1=O. The van der Waals surface area contributed by atoms with Gasteiger partial charge in [-0.05, 0) is 32.1 Å². The van der Waals surface area contributed by atoms with Crippen LogP contribution < -0.4 is 10.6 Å². The monoisotopic (exact) mass is 265 g/mol. The van der Waals surface area contributed by atoms with Crippen molar-refractivity contribution < 1.29 is 14.4 Å². The fraction of sp³-hybridized carbons (Fsp3) is 0.769. The lowest BCUT2D eigenvalue weighted by Crippen LogP contribution is -2.56. The van der Waals surface area contributed by atoms with Crippen molar-refractivity contribution in [2.24, 2.45) is 5.92 Å². The van der Waals surface area contributed by atoms with Crippen LogP contribution in [0.2, 0.25) is 0 Å². The number of urea groups is 1. The first-order valence-corrected chi connectivity index (χ1v) is 7.01. The maximum Gasteiger partial charge on any atom is 0.325 e. The third-order valence-electron chi connectivity index (χ3n) is 4.59. The molecule has 104 valence electrons. The van der Waals surface area contributed by atoms with Gasteiger partial charge in [-0.15, -0.1) is 0 Å². The molecule has 2 N–H and O–H groups in total. The molecule has 4 amide bonds. The fourth-order valence-electron chi connectivity index (χ4n) is 3.22. The average Bonchev–Trinajstić information content (AvgIpc) is 2.54. The maximum absolute atomic E-state index is 12.4. The van der Waals surface area contributed by atoms with Crippen LogP contribution in [0.5, 0.6) is 0 Å². The molecule has 0 aromatic rings. The van der Waals surface area contributed by atoms with Gasteiger partial charge < -0.3 is 10.6 Å². The molecule has 19 heavy (non-hydrogen) atoms. The highest BCUT2D eigenvalue weighted by Gasteiger charge is 2.48. The molecule has 2 saturated heterocycles. The van der Waals surface area contributed by atoms with Crippen molar-refractivity contribution in [1.29, 1.82) is 0 Å². The van der Waals surface area contributed by atoms with Gasteiger partial charge in [0.2, 0.25) is 5.91 Å². The van der Waals surface area contributed by atoms with Crippen molar-refractivity contribution >= 4 is 17.8 Å². The van der Waals surface area contributed by atoms with E-state index in [2.05, 4.69) is 10.6 Å². The predicted molar refractivity (Wildman–Crippen MR) is 67.1 cm³/mol. The van der Waals surface area contributed by atoms with E-state index in [9.17, 15) is 14.4 Å². The van der Waals surface area contributed by atoms with Crippen LogP contribution in [0.4, 0.5) is 4.79 Å². The molecule has 3 rings (SSSR count). The van der Waals surface area contributed by atoms with Crippen molar-refractivity contribution in [2.45, 2.75) is 57.2 Å². The Morgan fingerprint density at radius 3 is 2.42 bits per heavy atom. The quantitative estimate of drug-likeness (QED) is 0.708. The molecular weight excluding hydrogens is 246 g/mol. The number of nitrogens with one attached hydrogen (secondary N) is 2. The van der Waals surface area contributed by atoms with Crippen molar-refractivity contribution in [3.63, 3.8) is 0 Å². The first-order valence-electron chi connectivity index (χ1n) is 7.01. The highest BCUT2D eigenvalue weighted by molar-refractivity contribution is 6.05. The Kier molecular flexibility index (Phi) is 2.95. The molecule has 2 aliphatic heterocycles. The highest BCUT2D eigenvalue weighted by atomic mass is 16.2. The van der Waals surface area contributed by atoms with E-state index in [1.165, 1.54) is 4.90 Å². The Morgan fingerprint density at radius 1 is 1.11 bits per heavy atom. The zero-order valence-electron chi connectivity index (χ0n) is 11.0. The summed E-state index contributed by atoms with van der Waals surface area (Å²) < 4.78 is 0. The summed E-state index contributed by atoms with van der Waals surface area (Å²) in [5.41, 5.74) is 0. The molecule has 6 heteroatoms. The van der Waals surface area contributed by atoms with Crippen LogP contribution in [0, 0.1) is 5.92 Å². The van der Waals surface area contributed by atoms with E-state index in [1.54, 1.807) is 0 Å². The second-order valence-electron chi connectivity index (χ2n) is 5.79. The minimum Gasteiger partial charge on any atom is -0.352 e. The van der Waals surface area contributed by atoms with Crippen LogP contribution in [-0.2, 0) is 9.59 Å². The van der Waals surface area contributed by atoms with Crippen LogP contribution in [0.25, 0.3) is 0 Å². The summed E-state index contributed by atoms with van der Waals surface area (Å²) in [5.74, 6) is 0.184. The summed E-state index contributed by atoms with van der Waals surface area (Å²) in [7, 11) is 0. The minimum absolute atomic E-state index is 0.00801. The smallest absolute Gasteiger partial charge is 0.325 e. The predicted octanol–water partition coefficient (Wildman–Crippen LogP) is 0.374. The average molecular weight is 265 g/mol. The molecule has 1 aliphatic carbocycles. The van der Waals surface area contributed by atoms with Gasteiger partial charge in [0.15, 0.2) is 0 Å². The molecule has 0 aromatic heterocycles. The maximum atomic E-state index is 12.4. The number of rotatable bonds is 2. The van der Waals surface area contributed by atoms with Gasteiger partial charge in [0.25, 0.3) is 5.91 Å². The lowest BCUT2D eigenvalue weighted by Gasteiger charge is -2.35. The van der Waals surface area contributed by atoms with Crippen molar-refractivity contribution in [3.05, 3.63) is 0 Å². The van der Waals surface area contributed by atoms with E-state index in [4.69, 9.17) is 0 Å². The second kappa shape index (κ2) is 4.51. The number of amides is 4. The zero-order chi connectivity index (χ0) is 13.6. The number of nitrogens with zero attached hydrogens (tertiary/aromatic N) is 1. The van der Waals surface area contributed by atoms with Gasteiger partial charge in [-0.1, -0.05) is 6.42 Å². The third kappa shape index (κ3) is 1.99. The van der Waals surface area contributed by atoms with Crippen LogP contribution in [-0.4, -0.2) is 40.9 Å². The van der Waals surface area contributed by atoms with Gasteiger partial charge in [0.05, 0.1) is 6.04 Å². The Balaban J connectivity index is 1.74. The van der Waals surface area contributed by atoms with Crippen molar-refractivity contribution in [3.8, 4) is 0 Å². The van der Waals surface area contributed by atoms with Crippen molar-refractivity contribution in [2.75, 3.05) is 0 Å². The zero-order valence-corrected chi connectivity index (χ0v) is 11.0. The van der Waals surface area contributed by atoms with E-state index in [0.717, 1.165) is 19.3 Å². The first kappa shape index (κ1) is 12.4. The number of piperidine rings is 1. The van der Waals surface area contributed by atoms with E-state index in [0.29, 0.717) is 18.8 Å². The van der Waals surface area contributed by atoms with Gasteiger partial charge in [-0.2, -0.15) is 0 Å². The molecular formula is C13H19N3O3. The van der Waals surface area contributed by atoms with Gasteiger partial charge in [-0.3, -0.25) is 14.5 Å². The standard InChI is InChI=1S/C13H19N3O3/c1-7-9(5-6-10(17)14-7)16-12(18)11(15-13(16)19)8-3-2-4-8/h7-9,11H,2-6H2,1H3,(H,14,17)(H,15,19). The lowest BCUT2D eigenvalue weighted by molar-refractivity contribution is -0.134. The van der Waals surface area contributed by atoms with Gasteiger partial charge in [-0.25, -0.2) is 4.79 Å². The summed E-state index contributed by atoms with van der Waals surface area (Å²) in [5, 5.41) is 5.62. The summed E-state index contributed by atoms with van der Waals surface area (Å²) in [6.07, 6.45) is 4.10. The van der Waals surface area contributed by atoms with Crippen LogP contribution >= 0.6 is 0 Å². The molecule has 2 heterocycles. The molecule has 3 fully saturated rings. The molecule has 0 spiro atoms. The van der Waals surface area contributed by atoms with Gasteiger partial charge in [0, 0.05) is 12.5 Å². The molecule has 0 aromatic carbocycles. The second-order valence-corrected chi connectivity index (χ2v) is 5.79. The van der Waals surface area contributed by atoms with E-state index >= 15 is 0 Å². The largest absolute Gasteiger partial charge is 0.352 e. The number of carbonyl (C=O) groups is 3. The normalized spacial score (nSPS) is 35.9. The summed E-state index contributed by atoms with van der Waals surface area (Å²) in [6.45, 7) is 1.85. The third-order valence-corrected chi connectivity index (χ3v) is 4.59. The number of imide groups is 1. The molecule has 1 saturated carbocycles. The van der Waals surface area contributed by atoms with Gasteiger partial charge >= 0.3 is 6.03 Å². The molecule has 0 radical (unpaired) electrons. The Hall–Kier alpha value is -1.59. The highest BCUT2D eigenvalue weighted by Crippen LogP contribution is 2.33. The number of hydrogen-bond acceptors (Lipinski definition) is 3. The summed E-state index contributed by atoms with van der Waals surface area (Å²) in [4.78, 5) is 37.1. The summed E-state index contributed by atoms with van der Waals surface area (Å²) in [6, 6.07) is -1.02. The minimum atomic E-state index is -0.342. The lowest BCUT2D eigenvalue weighted by atomic mass is 9.79. The van der Waals surface area contributed by atoms with Crippen LogP contribution in [0.3, 0.4) is 0 Å². The molecule has 3 unspecified atom stereocenters. The fourth-order valence-corrected chi connectivity index (χ4v) is 3.22. The first-order chi connectivity index (χ1) is 9.08. The summed E-state index contributed by atoms with van der Waals surface area (Å²) >= 11 is 0. The van der Waals surface area contributed by atoms with Gasteiger partial charge in [0.1, 0.15) is 6.04 Å². The number of hydrogen-bond donors (Lipinski definition) is 2. The molecule has 3 atom stereocenters. The van der Waals surface area contributed by atoms with E-state index in [1.807, 2.05) is 6.92 Å². The topological polar surface area (TPSA) is 78.5 Å².